The van der Waals surface area contributed by atoms with Gasteiger partial charge in [0.05, 0.1) is 22.0 Å². The third-order valence-corrected chi connectivity index (χ3v) is 5.43. The van der Waals surface area contributed by atoms with Crippen molar-refractivity contribution in [2.75, 3.05) is 4.72 Å². The highest BCUT2D eigenvalue weighted by molar-refractivity contribution is 9.10. The maximum atomic E-state index is 12.5. The molecule has 0 fully saturated rings. The molecule has 1 aromatic heterocycles. The van der Waals surface area contributed by atoms with Crippen LogP contribution < -0.4 is 4.72 Å². The van der Waals surface area contributed by atoms with Crippen molar-refractivity contribution in [3.05, 3.63) is 40.1 Å². The Balaban J connectivity index is 2.34. The topological polar surface area (TPSA) is 64.0 Å². The Morgan fingerprint density at radius 2 is 1.91 bits per heavy atom. The molecule has 1 aromatic carbocycles. The molecule has 2 rings (SSSR count). The minimum atomic E-state index is -3.61. The number of hydrogen-bond acceptors (Lipinski definition) is 3. The van der Waals surface area contributed by atoms with E-state index in [0.29, 0.717) is 5.69 Å². The van der Waals surface area contributed by atoms with Crippen LogP contribution in [0.4, 0.5) is 5.69 Å². The minimum Gasteiger partial charge on any atom is -0.276 e. The Morgan fingerprint density at radius 3 is 2.50 bits per heavy atom. The molecule has 120 valence electrons. The van der Waals surface area contributed by atoms with Gasteiger partial charge in [0.2, 0.25) is 0 Å². The molecule has 0 aliphatic rings. The standard InChI is InChI=1S/C15H20BrN3O2S/c1-4-5-6-14-15(11(2)19(3)17-14)18-22(20,21)13-9-7-12(16)8-10-13/h7-10,18H,4-6H2,1-3H3. The Morgan fingerprint density at radius 1 is 1.27 bits per heavy atom. The number of nitrogens with zero attached hydrogens (tertiary/aromatic N) is 2. The molecule has 0 spiro atoms. The Labute approximate surface area is 139 Å². The number of unbranched alkanes of at least 4 members (excludes halogenated alkanes) is 1. The van der Waals surface area contributed by atoms with Gasteiger partial charge in [0.15, 0.2) is 0 Å². The molecular formula is C15H20BrN3O2S. The van der Waals surface area contributed by atoms with E-state index in [2.05, 4.69) is 32.7 Å². The summed E-state index contributed by atoms with van der Waals surface area (Å²) in [6.07, 6.45) is 2.77. The average Bonchev–Trinajstić information content (AvgIpc) is 2.73. The highest BCUT2D eigenvalue weighted by Crippen LogP contribution is 2.25. The molecular weight excluding hydrogens is 366 g/mol. The first-order valence-electron chi connectivity index (χ1n) is 7.16. The summed E-state index contributed by atoms with van der Waals surface area (Å²) >= 11 is 3.31. The molecule has 7 heteroatoms. The molecule has 2 aromatic rings. The highest BCUT2D eigenvalue weighted by Gasteiger charge is 2.20. The van der Waals surface area contributed by atoms with E-state index in [-0.39, 0.29) is 4.90 Å². The van der Waals surface area contributed by atoms with Crippen LogP contribution in [-0.4, -0.2) is 18.2 Å². The second-order valence-corrected chi connectivity index (χ2v) is 7.79. The molecule has 0 unspecified atom stereocenters. The maximum absolute atomic E-state index is 12.5. The van der Waals surface area contributed by atoms with Gasteiger partial charge >= 0.3 is 0 Å². The number of hydrogen-bond donors (Lipinski definition) is 1. The lowest BCUT2D eigenvalue weighted by atomic mass is 10.2. The van der Waals surface area contributed by atoms with Crippen LogP contribution in [0, 0.1) is 6.92 Å². The van der Waals surface area contributed by atoms with E-state index in [4.69, 9.17) is 0 Å². The summed E-state index contributed by atoms with van der Waals surface area (Å²) in [5, 5.41) is 4.42. The van der Waals surface area contributed by atoms with Crippen LogP contribution in [0.1, 0.15) is 31.2 Å². The predicted molar refractivity (Wildman–Crippen MR) is 91.5 cm³/mol. The van der Waals surface area contributed by atoms with Gasteiger partial charge in [0, 0.05) is 11.5 Å². The molecule has 0 amide bonds. The second kappa shape index (κ2) is 6.83. The van der Waals surface area contributed by atoms with Crippen molar-refractivity contribution in [1.82, 2.24) is 9.78 Å². The molecule has 0 saturated carbocycles. The summed E-state index contributed by atoms with van der Waals surface area (Å²) < 4.78 is 30.3. The number of benzene rings is 1. The van der Waals surface area contributed by atoms with Crippen molar-refractivity contribution in [2.24, 2.45) is 7.05 Å². The molecule has 0 radical (unpaired) electrons. The van der Waals surface area contributed by atoms with Crippen LogP contribution in [-0.2, 0) is 23.5 Å². The minimum absolute atomic E-state index is 0.236. The summed E-state index contributed by atoms with van der Waals surface area (Å²) in [6.45, 7) is 3.96. The smallest absolute Gasteiger partial charge is 0.262 e. The van der Waals surface area contributed by atoms with Crippen molar-refractivity contribution >= 4 is 31.6 Å². The van der Waals surface area contributed by atoms with Gasteiger partial charge in [-0.2, -0.15) is 5.10 Å². The van der Waals surface area contributed by atoms with Crippen LogP contribution >= 0.6 is 15.9 Å². The van der Waals surface area contributed by atoms with E-state index in [1.165, 1.54) is 0 Å². The normalized spacial score (nSPS) is 11.6. The fraction of sp³-hybridized carbons (Fsp3) is 0.400. The van der Waals surface area contributed by atoms with Crippen molar-refractivity contribution in [1.29, 1.82) is 0 Å². The van der Waals surface area contributed by atoms with Crippen molar-refractivity contribution in [3.8, 4) is 0 Å². The van der Waals surface area contributed by atoms with Gasteiger partial charge in [-0.1, -0.05) is 29.3 Å². The zero-order chi connectivity index (χ0) is 16.3. The zero-order valence-electron chi connectivity index (χ0n) is 12.9. The van der Waals surface area contributed by atoms with Gasteiger partial charge in [0.25, 0.3) is 10.0 Å². The van der Waals surface area contributed by atoms with Crippen molar-refractivity contribution in [2.45, 2.75) is 38.0 Å². The Bertz CT molecular complexity index is 752. The van der Waals surface area contributed by atoms with E-state index >= 15 is 0 Å². The number of anilines is 1. The zero-order valence-corrected chi connectivity index (χ0v) is 15.3. The van der Waals surface area contributed by atoms with E-state index in [1.807, 2.05) is 14.0 Å². The number of aryl methyl sites for hydroxylation is 2. The number of rotatable bonds is 6. The first-order valence-corrected chi connectivity index (χ1v) is 9.43. The van der Waals surface area contributed by atoms with Crippen LogP contribution in [0.3, 0.4) is 0 Å². The quantitative estimate of drug-likeness (QED) is 0.825. The summed E-state index contributed by atoms with van der Waals surface area (Å²) in [6, 6.07) is 6.57. The molecule has 0 saturated heterocycles. The van der Waals surface area contributed by atoms with Crippen LogP contribution in [0.5, 0.6) is 0 Å². The first-order chi connectivity index (χ1) is 10.3. The number of sulfonamides is 1. The van der Waals surface area contributed by atoms with Crippen molar-refractivity contribution < 1.29 is 8.42 Å². The Hall–Kier alpha value is -1.34. The largest absolute Gasteiger partial charge is 0.276 e. The highest BCUT2D eigenvalue weighted by atomic mass is 79.9. The molecule has 22 heavy (non-hydrogen) atoms. The van der Waals surface area contributed by atoms with Crippen LogP contribution in [0.15, 0.2) is 33.6 Å². The van der Waals surface area contributed by atoms with Gasteiger partial charge in [-0.3, -0.25) is 9.40 Å². The van der Waals surface area contributed by atoms with Gasteiger partial charge in [-0.15, -0.1) is 0 Å². The fourth-order valence-corrected chi connectivity index (χ4v) is 3.55. The number of nitrogens with one attached hydrogen (secondary N) is 1. The van der Waals surface area contributed by atoms with E-state index in [9.17, 15) is 8.42 Å². The third-order valence-electron chi connectivity index (χ3n) is 3.53. The van der Waals surface area contributed by atoms with E-state index in [0.717, 1.165) is 35.1 Å². The van der Waals surface area contributed by atoms with Crippen LogP contribution in [0.25, 0.3) is 0 Å². The summed E-state index contributed by atoms with van der Waals surface area (Å²) in [4.78, 5) is 0.236. The molecule has 0 aliphatic carbocycles. The third kappa shape index (κ3) is 3.70. The van der Waals surface area contributed by atoms with Gasteiger partial charge < -0.3 is 0 Å². The average molecular weight is 386 g/mol. The Kier molecular flexibility index (Phi) is 5.28. The molecule has 1 heterocycles. The lowest BCUT2D eigenvalue weighted by Crippen LogP contribution is -2.14. The molecule has 5 nitrogen and oxygen atoms in total. The summed E-state index contributed by atoms with van der Waals surface area (Å²) in [7, 11) is -1.79. The van der Waals surface area contributed by atoms with Gasteiger partial charge in [-0.25, -0.2) is 8.42 Å². The number of halogens is 1. The monoisotopic (exact) mass is 385 g/mol. The predicted octanol–water partition coefficient (Wildman–Crippen LogP) is 3.63. The summed E-state index contributed by atoms with van der Waals surface area (Å²) in [5.41, 5.74) is 2.20. The van der Waals surface area contributed by atoms with E-state index < -0.39 is 10.0 Å². The fourth-order valence-electron chi connectivity index (χ4n) is 2.14. The maximum Gasteiger partial charge on any atom is 0.262 e. The van der Waals surface area contributed by atoms with Crippen LogP contribution in [0.2, 0.25) is 0 Å². The van der Waals surface area contributed by atoms with Gasteiger partial charge in [0.1, 0.15) is 0 Å². The molecule has 0 aliphatic heterocycles. The van der Waals surface area contributed by atoms with E-state index in [1.54, 1.807) is 28.9 Å². The second-order valence-electron chi connectivity index (χ2n) is 5.19. The van der Waals surface area contributed by atoms with Gasteiger partial charge in [-0.05, 0) is 44.0 Å². The molecule has 0 bridgehead atoms. The lowest BCUT2D eigenvalue weighted by molar-refractivity contribution is 0.601. The SMILES string of the molecule is CCCCc1nn(C)c(C)c1NS(=O)(=O)c1ccc(Br)cc1. The first kappa shape index (κ1) is 17.0. The summed E-state index contributed by atoms with van der Waals surface area (Å²) in [5.74, 6) is 0. The molecule has 0 atom stereocenters. The lowest BCUT2D eigenvalue weighted by Gasteiger charge is -2.09. The molecule has 1 N–H and O–H groups in total. The van der Waals surface area contributed by atoms with Crippen molar-refractivity contribution in [3.63, 3.8) is 0 Å². The number of aromatic nitrogens is 2.